The van der Waals surface area contributed by atoms with E-state index in [0.717, 1.165) is 51.5 Å². The van der Waals surface area contributed by atoms with Gasteiger partial charge in [0.15, 0.2) is 0 Å². The van der Waals surface area contributed by atoms with Crippen molar-refractivity contribution in [3.63, 3.8) is 0 Å². The summed E-state index contributed by atoms with van der Waals surface area (Å²) in [5.74, 6) is 0.375. The average Bonchev–Trinajstić information content (AvgIpc) is 2.46. The van der Waals surface area contributed by atoms with Crippen LogP contribution in [0.25, 0.3) is 0 Å². The molecular formula is C15H28N2O. The maximum absolute atomic E-state index is 11.9. The molecule has 2 rings (SSSR count). The van der Waals surface area contributed by atoms with Crippen molar-refractivity contribution in [1.82, 2.24) is 9.80 Å². The lowest BCUT2D eigenvalue weighted by molar-refractivity contribution is -0.133. The van der Waals surface area contributed by atoms with Gasteiger partial charge in [0.25, 0.3) is 0 Å². The third kappa shape index (κ3) is 3.71. The summed E-state index contributed by atoms with van der Waals surface area (Å²) in [4.78, 5) is 16.7. The molecule has 104 valence electrons. The van der Waals surface area contributed by atoms with Crippen molar-refractivity contribution in [2.24, 2.45) is 0 Å². The zero-order valence-electron chi connectivity index (χ0n) is 11.9. The average molecular weight is 252 g/mol. The molecule has 18 heavy (non-hydrogen) atoms. The van der Waals surface area contributed by atoms with Gasteiger partial charge in [-0.1, -0.05) is 32.6 Å². The van der Waals surface area contributed by atoms with Crippen molar-refractivity contribution < 1.29 is 4.79 Å². The lowest BCUT2D eigenvalue weighted by Gasteiger charge is -2.40. The van der Waals surface area contributed by atoms with E-state index in [0.29, 0.717) is 5.91 Å². The van der Waals surface area contributed by atoms with Crippen molar-refractivity contribution in [3.05, 3.63) is 0 Å². The molecule has 0 atom stereocenters. The molecule has 1 saturated carbocycles. The van der Waals surface area contributed by atoms with E-state index in [1.54, 1.807) is 0 Å². The molecule has 0 bridgehead atoms. The predicted octanol–water partition coefficient (Wildman–Crippen LogP) is 2.65. The summed E-state index contributed by atoms with van der Waals surface area (Å²) in [6.07, 6.45) is 9.90. The van der Waals surface area contributed by atoms with Gasteiger partial charge in [-0.3, -0.25) is 9.69 Å². The minimum absolute atomic E-state index is 0.375. The number of piperazine rings is 1. The SMILES string of the molecule is CCCCC(=O)N1CCN(C2CCCCC2)CC1. The molecule has 1 saturated heterocycles. The van der Waals surface area contributed by atoms with Crippen LogP contribution in [0.4, 0.5) is 0 Å². The Bertz CT molecular complexity index is 253. The first-order valence-corrected chi connectivity index (χ1v) is 7.83. The van der Waals surface area contributed by atoms with Crippen molar-refractivity contribution >= 4 is 5.91 Å². The van der Waals surface area contributed by atoms with Crippen LogP contribution in [0.5, 0.6) is 0 Å². The highest BCUT2D eigenvalue weighted by atomic mass is 16.2. The first kappa shape index (κ1) is 13.9. The number of carbonyl (C=O) groups is 1. The van der Waals surface area contributed by atoms with Gasteiger partial charge >= 0.3 is 0 Å². The van der Waals surface area contributed by atoms with Gasteiger partial charge in [0, 0.05) is 38.6 Å². The lowest BCUT2D eigenvalue weighted by atomic mass is 9.94. The summed E-state index contributed by atoms with van der Waals surface area (Å²) >= 11 is 0. The molecule has 2 fully saturated rings. The van der Waals surface area contributed by atoms with Crippen molar-refractivity contribution in [2.75, 3.05) is 26.2 Å². The summed E-state index contributed by atoms with van der Waals surface area (Å²) in [6.45, 7) is 6.26. The van der Waals surface area contributed by atoms with Gasteiger partial charge in [0.05, 0.1) is 0 Å². The van der Waals surface area contributed by atoms with Crippen LogP contribution in [0.1, 0.15) is 58.3 Å². The quantitative estimate of drug-likeness (QED) is 0.768. The van der Waals surface area contributed by atoms with Crippen LogP contribution in [0.2, 0.25) is 0 Å². The highest BCUT2D eigenvalue weighted by Gasteiger charge is 2.26. The second kappa shape index (κ2) is 7.13. The first-order chi connectivity index (χ1) is 8.81. The van der Waals surface area contributed by atoms with Crippen LogP contribution < -0.4 is 0 Å². The fourth-order valence-electron chi connectivity index (χ4n) is 3.27. The Morgan fingerprint density at radius 3 is 2.33 bits per heavy atom. The monoisotopic (exact) mass is 252 g/mol. The maximum atomic E-state index is 11.9. The fraction of sp³-hybridized carbons (Fsp3) is 0.933. The summed E-state index contributed by atoms with van der Waals surface area (Å²) in [5.41, 5.74) is 0. The van der Waals surface area contributed by atoms with Gasteiger partial charge in [-0.05, 0) is 19.3 Å². The topological polar surface area (TPSA) is 23.6 Å². The van der Waals surface area contributed by atoms with Crippen LogP contribution in [-0.4, -0.2) is 47.9 Å². The van der Waals surface area contributed by atoms with E-state index < -0.39 is 0 Å². The van der Waals surface area contributed by atoms with E-state index >= 15 is 0 Å². The fourth-order valence-corrected chi connectivity index (χ4v) is 3.27. The van der Waals surface area contributed by atoms with Gasteiger partial charge in [0.1, 0.15) is 0 Å². The molecule has 3 heteroatoms. The summed E-state index contributed by atoms with van der Waals surface area (Å²) in [7, 11) is 0. The predicted molar refractivity (Wildman–Crippen MR) is 74.6 cm³/mol. The van der Waals surface area contributed by atoms with Gasteiger partial charge in [-0.2, -0.15) is 0 Å². The number of unbranched alkanes of at least 4 members (excludes halogenated alkanes) is 1. The Balaban J connectivity index is 1.71. The molecule has 3 nitrogen and oxygen atoms in total. The van der Waals surface area contributed by atoms with Crippen LogP contribution in [0, 0.1) is 0 Å². The van der Waals surface area contributed by atoms with Gasteiger partial charge in [0.2, 0.25) is 5.91 Å². The molecule has 2 aliphatic rings. The molecule has 0 radical (unpaired) electrons. The van der Waals surface area contributed by atoms with Gasteiger partial charge < -0.3 is 4.90 Å². The second-order valence-electron chi connectivity index (χ2n) is 5.81. The minimum atomic E-state index is 0.375. The molecular weight excluding hydrogens is 224 g/mol. The van der Waals surface area contributed by atoms with Crippen molar-refractivity contribution in [1.29, 1.82) is 0 Å². The van der Waals surface area contributed by atoms with E-state index in [1.807, 2.05) is 0 Å². The highest BCUT2D eigenvalue weighted by Crippen LogP contribution is 2.23. The molecule has 0 aromatic rings. The Labute approximate surface area is 112 Å². The number of hydrogen-bond donors (Lipinski definition) is 0. The zero-order valence-corrected chi connectivity index (χ0v) is 11.9. The Morgan fingerprint density at radius 1 is 1.06 bits per heavy atom. The Morgan fingerprint density at radius 2 is 1.72 bits per heavy atom. The number of rotatable bonds is 4. The molecule has 0 N–H and O–H groups in total. The van der Waals surface area contributed by atoms with E-state index in [-0.39, 0.29) is 0 Å². The van der Waals surface area contributed by atoms with Crippen LogP contribution in [0.3, 0.4) is 0 Å². The van der Waals surface area contributed by atoms with Crippen molar-refractivity contribution in [3.8, 4) is 0 Å². The van der Waals surface area contributed by atoms with Crippen LogP contribution >= 0.6 is 0 Å². The smallest absolute Gasteiger partial charge is 0.222 e. The number of carbonyl (C=O) groups excluding carboxylic acids is 1. The number of nitrogens with zero attached hydrogens (tertiary/aromatic N) is 2. The molecule has 0 aromatic carbocycles. The normalized spacial score (nSPS) is 23.3. The van der Waals surface area contributed by atoms with E-state index in [2.05, 4.69) is 16.7 Å². The second-order valence-corrected chi connectivity index (χ2v) is 5.81. The molecule has 0 spiro atoms. The number of hydrogen-bond acceptors (Lipinski definition) is 2. The summed E-state index contributed by atoms with van der Waals surface area (Å²) in [6, 6.07) is 0.812. The standard InChI is InChI=1S/C15H28N2O/c1-2-3-9-15(18)17-12-10-16(11-13-17)14-7-5-4-6-8-14/h14H,2-13H2,1H3. The molecule has 1 aliphatic heterocycles. The molecule has 0 aromatic heterocycles. The molecule has 1 aliphatic carbocycles. The van der Waals surface area contributed by atoms with Crippen LogP contribution in [0.15, 0.2) is 0 Å². The minimum Gasteiger partial charge on any atom is -0.340 e. The summed E-state index contributed by atoms with van der Waals surface area (Å²) < 4.78 is 0. The van der Waals surface area contributed by atoms with Gasteiger partial charge in [-0.25, -0.2) is 0 Å². The van der Waals surface area contributed by atoms with E-state index in [9.17, 15) is 4.79 Å². The van der Waals surface area contributed by atoms with Crippen LogP contribution in [-0.2, 0) is 4.79 Å². The lowest BCUT2D eigenvalue weighted by Crippen LogP contribution is -2.52. The zero-order chi connectivity index (χ0) is 12.8. The Kier molecular flexibility index (Phi) is 5.48. The van der Waals surface area contributed by atoms with Gasteiger partial charge in [-0.15, -0.1) is 0 Å². The highest BCUT2D eigenvalue weighted by molar-refractivity contribution is 5.76. The molecule has 0 unspecified atom stereocenters. The molecule has 1 amide bonds. The molecule has 1 heterocycles. The van der Waals surface area contributed by atoms with E-state index in [1.165, 1.54) is 32.1 Å². The number of amides is 1. The first-order valence-electron chi connectivity index (χ1n) is 7.83. The largest absolute Gasteiger partial charge is 0.340 e. The third-order valence-electron chi connectivity index (χ3n) is 4.50. The Hall–Kier alpha value is -0.570. The summed E-state index contributed by atoms with van der Waals surface area (Å²) in [5, 5.41) is 0. The van der Waals surface area contributed by atoms with Crippen molar-refractivity contribution in [2.45, 2.75) is 64.3 Å². The third-order valence-corrected chi connectivity index (χ3v) is 4.50. The maximum Gasteiger partial charge on any atom is 0.222 e. The van der Waals surface area contributed by atoms with E-state index in [4.69, 9.17) is 0 Å².